The zero-order valence-corrected chi connectivity index (χ0v) is 10.5. The Morgan fingerprint density at radius 2 is 1.94 bits per heavy atom. The Morgan fingerprint density at radius 1 is 1.18 bits per heavy atom. The van der Waals surface area contributed by atoms with E-state index in [1.54, 1.807) is 0 Å². The van der Waals surface area contributed by atoms with Crippen molar-refractivity contribution in [3.63, 3.8) is 0 Å². The van der Waals surface area contributed by atoms with Crippen LogP contribution in [0.1, 0.15) is 24.6 Å². The molecular weight excluding hydrogens is 210 g/mol. The molecule has 0 bridgehead atoms. The maximum Gasteiger partial charge on any atom is 0.0766 e. The molecule has 0 aliphatic rings. The SMILES string of the molecule is CCCNCc1ccn(-c2ccc(C)cc2)n1. The van der Waals surface area contributed by atoms with Gasteiger partial charge in [0.05, 0.1) is 11.4 Å². The van der Waals surface area contributed by atoms with Gasteiger partial charge < -0.3 is 5.32 Å². The summed E-state index contributed by atoms with van der Waals surface area (Å²) in [5.74, 6) is 0. The smallest absolute Gasteiger partial charge is 0.0766 e. The summed E-state index contributed by atoms with van der Waals surface area (Å²) in [5, 5.41) is 7.89. The van der Waals surface area contributed by atoms with Crippen molar-refractivity contribution in [3.05, 3.63) is 47.8 Å². The second-order valence-corrected chi connectivity index (χ2v) is 4.26. The Kier molecular flexibility index (Phi) is 3.94. The van der Waals surface area contributed by atoms with Crippen molar-refractivity contribution in [2.24, 2.45) is 0 Å². The highest BCUT2D eigenvalue weighted by molar-refractivity contribution is 5.33. The minimum absolute atomic E-state index is 0.840. The predicted octanol–water partition coefficient (Wildman–Crippen LogP) is 2.68. The van der Waals surface area contributed by atoms with Crippen molar-refractivity contribution < 1.29 is 0 Å². The standard InChI is InChI=1S/C14H19N3/c1-3-9-15-11-13-8-10-17(16-13)14-6-4-12(2)5-7-14/h4-8,10,15H,3,9,11H2,1-2H3. The first-order chi connectivity index (χ1) is 8.29. The number of aryl methyl sites for hydroxylation is 1. The van der Waals surface area contributed by atoms with Crippen LogP contribution in [0.4, 0.5) is 0 Å². The molecule has 0 saturated heterocycles. The largest absolute Gasteiger partial charge is 0.311 e. The summed E-state index contributed by atoms with van der Waals surface area (Å²) < 4.78 is 1.92. The van der Waals surface area contributed by atoms with E-state index in [0.29, 0.717) is 0 Å². The molecule has 1 aromatic heterocycles. The molecule has 3 nitrogen and oxygen atoms in total. The fraction of sp³-hybridized carbons (Fsp3) is 0.357. The number of rotatable bonds is 5. The molecule has 0 aliphatic heterocycles. The number of benzene rings is 1. The minimum atomic E-state index is 0.840. The lowest BCUT2D eigenvalue weighted by molar-refractivity contribution is 0.656. The quantitative estimate of drug-likeness (QED) is 0.799. The molecule has 0 atom stereocenters. The fourth-order valence-electron chi connectivity index (χ4n) is 1.69. The Labute approximate surface area is 102 Å². The van der Waals surface area contributed by atoms with Crippen LogP contribution in [-0.4, -0.2) is 16.3 Å². The molecule has 2 aromatic rings. The van der Waals surface area contributed by atoms with Gasteiger partial charge in [0.2, 0.25) is 0 Å². The topological polar surface area (TPSA) is 29.9 Å². The molecule has 1 N–H and O–H groups in total. The molecule has 0 saturated carbocycles. The van der Waals surface area contributed by atoms with E-state index in [2.05, 4.69) is 54.6 Å². The van der Waals surface area contributed by atoms with Crippen LogP contribution in [-0.2, 0) is 6.54 Å². The zero-order chi connectivity index (χ0) is 12.1. The molecule has 1 aromatic carbocycles. The molecule has 0 spiro atoms. The van der Waals surface area contributed by atoms with Gasteiger partial charge in [0.1, 0.15) is 0 Å². The first-order valence-electron chi connectivity index (χ1n) is 6.12. The zero-order valence-electron chi connectivity index (χ0n) is 10.5. The highest BCUT2D eigenvalue weighted by Crippen LogP contribution is 2.09. The van der Waals surface area contributed by atoms with E-state index < -0.39 is 0 Å². The molecule has 0 amide bonds. The van der Waals surface area contributed by atoms with Crippen molar-refractivity contribution in [3.8, 4) is 5.69 Å². The predicted molar refractivity (Wildman–Crippen MR) is 70.3 cm³/mol. The highest BCUT2D eigenvalue weighted by Gasteiger charge is 2.00. The van der Waals surface area contributed by atoms with Crippen LogP contribution < -0.4 is 5.32 Å². The van der Waals surface area contributed by atoms with Crippen molar-refractivity contribution in [2.45, 2.75) is 26.8 Å². The first-order valence-corrected chi connectivity index (χ1v) is 6.12. The monoisotopic (exact) mass is 229 g/mol. The van der Waals surface area contributed by atoms with Crippen molar-refractivity contribution in [2.75, 3.05) is 6.54 Å². The normalized spacial score (nSPS) is 10.7. The van der Waals surface area contributed by atoms with Gasteiger partial charge in [0.15, 0.2) is 0 Å². The molecule has 0 aliphatic carbocycles. The van der Waals surface area contributed by atoms with E-state index in [1.165, 1.54) is 5.56 Å². The summed E-state index contributed by atoms with van der Waals surface area (Å²) in [4.78, 5) is 0. The fourth-order valence-corrected chi connectivity index (χ4v) is 1.69. The summed E-state index contributed by atoms with van der Waals surface area (Å²) in [6.45, 7) is 6.13. The summed E-state index contributed by atoms with van der Waals surface area (Å²) in [7, 11) is 0. The lowest BCUT2D eigenvalue weighted by Gasteiger charge is -2.02. The van der Waals surface area contributed by atoms with Gasteiger partial charge in [-0.3, -0.25) is 0 Å². The van der Waals surface area contributed by atoms with E-state index in [4.69, 9.17) is 0 Å². The van der Waals surface area contributed by atoms with Crippen molar-refractivity contribution in [1.82, 2.24) is 15.1 Å². The second kappa shape index (κ2) is 5.64. The number of hydrogen-bond donors (Lipinski definition) is 1. The van der Waals surface area contributed by atoms with Gasteiger partial charge in [-0.25, -0.2) is 4.68 Å². The maximum absolute atomic E-state index is 4.54. The number of hydrogen-bond acceptors (Lipinski definition) is 2. The molecular formula is C14H19N3. The molecule has 1 heterocycles. The van der Waals surface area contributed by atoms with Crippen LogP contribution in [0.5, 0.6) is 0 Å². The summed E-state index contributed by atoms with van der Waals surface area (Å²) in [6.07, 6.45) is 3.16. The first kappa shape index (κ1) is 11.9. The van der Waals surface area contributed by atoms with E-state index in [9.17, 15) is 0 Å². The van der Waals surface area contributed by atoms with Crippen molar-refractivity contribution >= 4 is 0 Å². The van der Waals surface area contributed by atoms with E-state index >= 15 is 0 Å². The van der Waals surface area contributed by atoms with Crippen LogP contribution in [0.2, 0.25) is 0 Å². The van der Waals surface area contributed by atoms with Gasteiger partial charge >= 0.3 is 0 Å². The average Bonchev–Trinajstić information content (AvgIpc) is 2.79. The molecule has 3 heteroatoms. The van der Waals surface area contributed by atoms with E-state index in [1.807, 2.05) is 10.9 Å². The summed E-state index contributed by atoms with van der Waals surface area (Å²) >= 11 is 0. The van der Waals surface area contributed by atoms with E-state index in [-0.39, 0.29) is 0 Å². The summed E-state index contributed by atoms with van der Waals surface area (Å²) in [5.41, 5.74) is 3.46. The van der Waals surface area contributed by atoms with Gasteiger partial charge in [-0.2, -0.15) is 5.10 Å². The van der Waals surface area contributed by atoms with Crippen LogP contribution in [0.15, 0.2) is 36.5 Å². The van der Waals surface area contributed by atoms with Gasteiger partial charge in [-0.1, -0.05) is 24.6 Å². The van der Waals surface area contributed by atoms with Crippen LogP contribution in [0.25, 0.3) is 5.69 Å². The lowest BCUT2D eigenvalue weighted by Crippen LogP contribution is -2.14. The van der Waals surface area contributed by atoms with Gasteiger partial charge in [0.25, 0.3) is 0 Å². The average molecular weight is 229 g/mol. The van der Waals surface area contributed by atoms with Gasteiger partial charge in [0, 0.05) is 12.7 Å². The van der Waals surface area contributed by atoms with Crippen LogP contribution in [0, 0.1) is 6.92 Å². The Morgan fingerprint density at radius 3 is 2.65 bits per heavy atom. The molecule has 0 radical (unpaired) electrons. The van der Waals surface area contributed by atoms with Gasteiger partial charge in [-0.05, 0) is 38.1 Å². The molecule has 0 fully saturated rings. The Balaban J connectivity index is 2.04. The third kappa shape index (κ3) is 3.17. The molecule has 2 rings (SSSR count). The molecule has 17 heavy (non-hydrogen) atoms. The Hall–Kier alpha value is -1.61. The van der Waals surface area contributed by atoms with Crippen molar-refractivity contribution in [1.29, 1.82) is 0 Å². The minimum Gasteiger partial charge on any atom is -0.311 e. The molecule has 90 valence electrons. The molecule has 0 unspecified atom stereocenters. The Bertz CT molecular complexity index is 457. The van der Waals surface area contributed by atoms with Crippen LogP contribution >= 0.6 is 0 Å². The van der Waals surface area contributed by atoms with Gasteiger partial charge in [-0.15, -0.1) is 0 Å². The third-order valence-electron chi connectivity index (χ3n) is 2.68. The van der Waals surface area contributed by atoms with Crippen LogP contribution in [0.3, 0.4) is 0 Å². The number of aromatic nitrogens is 2. The summed E-state index contributed by atoms with van der Waals surface area (Å²) in [6, 6.07) is 10.4. The van der Waals surface area contributed by atoms with E-state index in [0.717, 1.165) is 30.9 Å². The number of nitrogens with zero attached hydrogens (tertiary/aromatic N) is 2. The maximum atomic E-state index is 4.54. The lowest BCUT2D eigenvalue weighted by atomic mass is 10.2. The second-order valence-electron chi connectivity index (χ2n) is 4.26. The highest BCUT2D eigenvalue weighted by atomic mass is 15.3. The third-order valence-corrected chi connectivity index (χ3v) is 2.68. The number of nitrogens with one attached hydrogen (secondary N) is 1.